The van der Waals surface area contributed by atoms with Crippen molar-refractivity contribution in [2.24, 2.45) is 0 Å². The lowest BCUT2D eigenvalue weighted by Crippen LogP contribution is -2.45. The van der Waals surface area contributed by atoms with Gasteiger partial charge in [0.1, 0.15) is 13.2 Å². The van der Waals surface area contributed by atoms with Crippen molar-refractivity contribution in [2.75, 3.05) is 40.9 Å². The Labute approximate surface area is 404 Å². The largest absolute Gasteiger partial charge is 0.472 e. The van der Waals surface area contributed by atoms with Gasteiger partial charge in [0.2, 0.25) is 5.91 Å². The van der Waals surface area contributed by atoms with E-state index in [0.29, 0.717) is 17.4 Å². The van der Waals surface area contributed by atoms with E-state index in [2.05, 4.69) is 153 Å². The van der Waals surface area contributed by atoms with Crippen LogP contribution in [0.25, 0.3) is 0 Å². The van der Waals surface area contributed by atoms with Crippen LogP contribution in [0.3, 0.4) is 0 Å². The minimum absolute atomic E-state index is 0.0335. The van der Waals surface area contributed by atoms with Crippen molar-refractivity contribution in [3.05, 3.63) is 146 Å². The van der Waals surface area contributed by atoms with Gasteiger partial charge in [-0.15, -0.1) is 0 Å². The zero-order valence-electron chi connectivity index (χ0n) is 42.1. The molecule has 0 aliphatic rings. The normalized spacial score (nSPS) is 15.3. The van der Waals surface area contributed by atoms with Crippen LogP contribution >= 0.6 is 7.82 Å². The summed E-state index contributed by atoms with van der Waals surface area (Å²) >= 11 is 0. The number of allylic oxidation sites excluding steroid dienone is 23. The molecule has 0 saturated carbocycles. The van der Waals surface area contributed by atoms with E-state index in [1.54, 1.807) is 6.08 Å². The van der Waals surface area contributed by atoms with Gasteiger partial charge in [-0.25, -0.2) is 4.57 Å². The highest BCUT2D eigenvalue weighted by Gasteiger charge is 2.27. The zero-order chi connectivity index (χ0) is 48.5. The second-order valence-electron chi connectivity index (χ2n) is 17.4. The summed E-state index contributed by atoms with van der Waals surface area (Å²) in [7, 11) is 1.48. The van der Waals surface area contributed by atoms with Gasteiger partial charge in [0.05, 0.1) is 39.9 Å². The average Bonchev–Trinajstić information content (AvgIpc) is 3.28. The molecular formula is C57H94N2O6P+. The van der Waals surface area contributed by atoms with Crippen molar-refractivity contribution in [3.63, 3.8) is 0 Å². The predicted octanol–water partition coefficient (Wildman–Crippen LogP) is 15.0. The standard InChI is InChI=1S/C57H93N2O6P/c1-6-8-10-12-14-16-18-20-22-23-24-25-26-27-28-29-30-31-32-33-34-35-37-39-41-43-45-47-49-51-57(61)58-55(54-65-66(62,63)64-53-52-59(3,4)5)56(60)50-48-46-44-42-40-38-36-21-19-17-15-13-11-9-7-2/h8,10,14,16,19-22,24-25,27-28,30-31,33-34,37,39-40,42-43,45,48,50,55-56,60H,6-7,9,11-13,15,17-18,23,26,29,32,35-36,38,41,44,46-47,49,51-54H2,1-5H3,(H-,58,61,62,63)/p+1/b10-8-,16-14-,21-19+,22-20-,25-24-,28-27-,31-30-,34-33-,39-37-,42-40+,45-43-,50-48+. The van der Waals surface area contributed by atoms with Crippen LogP contribution in [0.5, 0.6) is 0 Å². The number of nitrogens with zero attached hydrogens (tertiary/aromatic N) is 1. The van der Waals surface area contributed by atoms with Gasteiger partial charge < -0.3 is 19.8 Å². The average molecular weight is 934 g/mol. The van der Waals surface area contributed by atoms with Gasteiger partial charge in [-0.05, 0) is 109 Å². The molecule has 372 valence electrons. The van der Waals surface area contributed by atoms with E-state index in [4.69, 9.17) is 9.05 Å². The summed E-state index contributed by atoms with van der Waals surface area (Å²) in [5.74, 6) is -0.257. The Bertz CT molecular complexity index is 1570. The second kappa shape index (κ2) is 46.5. The quantitative estimate of drug-likeness (QED) is 0.0243. The third-order valence-corrected chi connectivity index (χ3v) is 11.0. The summed E-state index contributed by atoms with van der Waals surface area (Å²) in [5.41, 5.74) is 0. The molecule has 0 rings (SSSR count). The maximum absolute atomic E-state index is 12.9. The molecule has 3 N–H and O–H groups in total. The van der Waals surface area contributed by atoms with E-state index in [-0.39, 0.29) is 25.5 Å². The minimum atomic E-state index is -4.38. The summed E-state index contributed by atoms with van der Waals surface area (Å²) < 4.78 is 23.5. The number of unbranched alkanes of at least 4 members (excludes halogenated alkanes) is 8. The number of rotatable bonds is 43. The fourth-order valence-corrected chi connectivity index (χ4v) is 6.81. The van der Waals surface area contributed by atoms with Gasteiger partial charge in [-0.2, -0.15) is 0 Å². The summed E-state index contributed by atoms with van der Waals surface area (Å²) in [6.07, 6.45) is 72.3. The van der Waals surface area contributed by atoms with Crippen molar-refractivity contribution in [2.45, 2.75) is 167 Å². The molecule has 0 radical (unpaired) electrons. The lowest BCUT2D eigenvalue weighted by molar-refractivity contribution is -0.870. The van der Waals surface area contributed by atoms with Crippen LogP contribution in [0.1, 0.15) is 155 Å². The summed E-state index contributed by atoms with van der Waals surface area (Å²) in [6, 6.07) is -0.912. The Balaban J connectivity index is 4.50. The first-order chi connectivity index (χ1) is 32.0. The van der Waals surface area contributed by atoms with Crippen molar-refractivity contribution in [1.82, 2.24) is 5.32 Å². The van der Waals surface area contributed by atoms with Crippen LogP contribution in [0, 0.1) is 0 Å². The number of carbonyl (C=O) groups excluding carboxylic acids is 1. The molecule has 0 aromatic heterocycles. The number of hydrogen-bond donors (Lipinski definition) is 3. The molecule has 0 aliphatic carbocycles. The molecule has 0 aromatic rings. The van der Waals surface area contributed by atoms with Gasteiger partial charge in [-0.3, -0.25) is 13.8 Å². The summed E-state index contributed by atoms with van der Waals surface area (Å²) in [5, 5.41) is 13.8. The Morgan fingerprint density at radius 1 is 0.530 bits per heavy atom. The van der Waals surface area contributed by atoms with Crippen LogP contribution in [-0.4, -0.2) is 73.4 Å². The number of likely N-dealkylation sites (N-methyl/N-ethyl adjacent to an activating group) is 1. The van der Waals surface area contributed by atoms with E-state index in [0.717, 1.165) is 96.3 Å². The number of phosphoric ester groups is 1. The molecule has 8 nitrogen and oxygen atoms in total. The molecule has 0 heterocycles. The van der Waals surface area contributed by atoms with E-state index >= 15 is 0 Å². The van der Waals surface area contributed by atoms with Crippen LogP contribution in [0.15, 0.2) is 146 Å². The van der Waals surface area contributed by atoms with E-state index in [9.17, 15) is 19.4 Å². The highest BCUT2D eigenvalue weighted by atomic mass is 31.2. The fourth-order valence-electron chi connectivity index (χ4n) is 6.07. The number of phosphoric acid groups is 1. The van der Waals surface area contributed by atoms with Crippen LogP contribution < -0.4 is 5.32 Å². The third kappa shape index (κ3) is 48.3. The van der Waals surface area contributed by atoms with Crippen LogP contribution in [0.2, 0.25) is 0 Å². The lowest BCUT2D eigenvalue weighted by atomic mass is 10.1. The monoisotopic (exact) mass is 934 g/mol. The molecule has 0 saturated heterocycles. The van der Waals surface area contributed by atoms with Crippen LogP contribution in [0.4, 0.5) is 0 Å². The molecule has 0 aromatic carbocycles. The van der Waals surface area contributed by atoms with Gasteiger partial charge in [0, 0.05) is 6.42 Å². The van der Waals surface area contributed by atoms with E-state index in [1.165, 1.54) is 32.1 Å². The number of amides is 1. The topological polar surface area (TPSA) is 105 Å². The smallest absolute Gasteiger partial charge is 0.387 e. The molecule has 0 fully saturated rings. The molecule has 1 amide bonds. The Hall–Kier alpha value is -3.62. The number of hydrogen-bond acceptors (Lipinski definition) is 5. The first kappa shape index (κ1) is 62.4. The van der Waals surface area contributed by atoms with E-state index in [1.807, 2.05) is 27.2 Å². The van der Waals surface area contributed by atoms with Crippen LogP contribution in [-0.2, 0) is 18.4 Å². The summed E-state index contributed by atoms with van der Waals surface area (Å²) in [6.45, 7) is 4.57. The maximum atomic E-state index is 12.9. The Kier molecular flexibility index (Phi) is 43.9. The molecular weight excluding hydrogens is 840 g/mol. The lowest BCUT2D eigenvalue weighted by Gasteiger charge is -2.25. The maximum Gasteiger partial charge on any atom is 0.472 e. The predicted molar refractivity (Wildman–Crippen MR) is 285 cm³/mol. The molecule has 0 spiro atoms. The number of nitrogens with one attached hydrogen (secondary N) is 1. The summed E-state index contributed by atoms with van der Waals surface area (Å²) in [4.78, 5) is 23.2. The Morgan fingerprint density at radius 2 is 0.924 bits per heavy atom. The first-order valence-electron chi connectivity index (χ1n) is 25.2. The number of aliphatic hydroxyl groups is 1. The molecule has 3 atom stereocenters. The minimum Gasteiger partial charge on any atom is -0.387 e. The highest BCUT2D eigenvalue weighted by Crippen LogP contribution is 2.43. The van der Waals surface area contributed by atoms with E-state index < -0.39 is 20.0 Å². The fraction of sp³-hybridized carbons (Fsp3) is 0.561. The second-order valence-corrected chi connectivity index (χ2v) is 18.9. The Morgan fingerprint density at radius 3 is 1.38 bits per heavy atom. The number of aliphatic hydroxyl groups excluding tert-OH is 1. The van der Waals surface area contributed by atoms with Gasteiger partial charge in [-0.1, -0.05) is 185 Å². The zero-order valence-corrected chi connectivity index (χ0v) is 43.0. The van der Waals surface area contributed by atoms with Crippen molar-refractivity contribution < 1.29 is 32.9 Å². The van der Waals surface area contributed by atoms with Crippen molar-refractivity contribution in [1.29, 1.82) is 0 Å². The molecule has 3 unspecified atom stereocenters. The van der Waals surface area contributed by atoms with Crippen molar-refractivity contribution >= 4 is 13.7 Å². The molecule has 0 bridgehead atoms. The number of carbonyl (C=O) groups is 1. The molecule has 0 aliphatic heterocycles. The van der Waals surface area contributed by atoms with Gasteiger partial charge in [0.15, 0.2) is 0 Å². The SMILES string of the molecule is CC/C=C\C/C=C\C/C=C\C/C=C\C/C=C\C/C=C\C/C=C\C/C=C\C/C=C\CCCC(=O)NC(COP(=O)(O)OCC[N+](C)(C)C)C(O)/C=C/CC/C=C/CC/C=C/CCCCCCC. The number of quaternary nitrogens is 1. The van der Waals surface area contributed by atoms with Gasteiger partial charge >= 0.3 is 7.82 Å². The third-order valence-electron chi connectivity index (χ3n) is 10.0. The first-order valence-corrected chi connectivity index (χ1v) is 26.7. The molecule has 66 heavy (non-hydrogen) atoms. The molecule has 9 heteroatoms. The highest BCUT2D eigenvalue weighted by molar-refractivity contribution is 7.47. The van der Waals surface area contributed by atoms with Crippen molar-refractivity contribution in [3.8, 4) is 0 Å². The van der Waals surface area contributed by atoms with Gasteiger partial charge in [0.25, 0.3) is 0 Å².